The van der Waals surface area contributed by atoms with Crippen LogP contribution >= 0.6 is 0 Å². The molecule has 188 valence electrons. The van der Waals surface area contributed by atoms with Crippen molar-refractivity contribution in [1.82, 2.24) is 19.7 Å². The lowest BCUT2D eigenvalue weighted by molar-refractivity contribution is -0.384. The van der Waals surface area contributed by atoms with Crippen molar-refractivity contribution in [2.45, 2.75) is 19.8 Å². The van der Waals surface area contributed by atoms with Crippen LogP contribution < -0.4 is 16.0 Å². The maximum atomic E-state index is 11.0. The van der Waals surface area contributed by atoms with E-state index in [0.717, 1.165) is 6.42 Å². The number of non-ortho nitro benzene ring substituents is 1. The van der Waals surface area contributed by atoms with Gasteiger partial charge < -0.3 is 20.7 Å². The average Bonchev–Trinajstić information content (AvgIpc) is 3.27. The first-order valence-electron chi connectivity index (χ1n) is 11.2. The van der Waals surface area contributed by atoms with Gasteiger partial charge in [-0.3, -0.25) is 10.1 Å². The number of hydrogen-bond acceptors (Lipinski definition) is 12. The van der Waals surface area contributed by atoms with Crippen molar-refractivity contribution in [3.63, 3.8) is 0 Å². The number of hydrogen-bond donors (Lipinski definition) is 3. The zero-order valence-electron chi connectivity index (χ0n) is 20.4. The van der Waals surface area contributed by atoms with Gasteiger partial charge in [0.05, 0.1) is 16.3 Å². The molecule has 0 saturated carbocycles. The van der Waals surface area contributed by atoms with E-state index in [1.807, 2.05) is 6.92 Å². The van der Waals surface area contributed by atoms with Gasteiger partial charge in [-0.2, -0.15) is 15.2 Å². The van der Waals surface area contributed by atoms with Crippen molar-refractivity contribution >= 4 is 34.8 Å². The summed E-state index contributed by atoms with van der Waals surface area (Å²) in [5, 5.41) is 43.0. The Labute approximate surface area is 207 Å². The van der Waals surface area contributed by atoms with Gasteiger partial charge in [-0.05, 0) is 25.0 Å². The van der Waals surface area contributed by atoms with E-state index in [-0.39, 0.29) is 17.1 Å². The molecule has 2 heterocycles. The van der Waals surface area contributed by atoms with Crippen LogP contribution in [-0.4, -0.2) is 59.0 Å². The van der Waals surface area contributed by atoms with Crippen molar-refractivity contribution in [3.8, 4) is 11.8 Å². The molecule has 0 saturated heterocycles. The van der Waals surface area contributed by atoms with Crippen molar-refractivity contribution in [1.29, 1.82) is 5.26 Å². The highest BCUT2D eigenvalue weighted by Crippen LogP contribution is 2.34. The predicted octanol–water partition coefficient (Wildman–Crippen LogP) is 3.95. The summed E-state index contributed by atoms with van der Waals surface area (Å²) < 4.78 is 6.64. The van der Waals surface area contributed by atoms with E-state index in [2.05, 4.69) is 47.3 Å². The molecule has 3 rings (SSSR count). The van der Waals surface area contributed by atoms with E-state index >= 15 is 0 Å². The number of anilines is 3. The Hall–Kier alpha value is -4.64. The fraction of sp³-hybridized carbons (Fsp3) is 0.364. The first kappa shape index (κ1) is 26.0. The van der Waals surface area contributed by atoms with E-state index in [1.165, 1.54) is 12.1 Å². The van der Waals surface area contributed by atoms with Crippen molar-refractivity contribution in [2.75, 3.05) is 50.3 Å². The fourth-order valence-electron chi connectivity index (χ4n) is 3.36. The monoisotopic (exact) mass is 493 g/mol. The van der Waals surface area contributed by atoms with E-state index in [4.69, 9.17) is 4.74 Å². The van der Waals surface area contributed by atoms with Gasteiger partial charge in [-0.15, -0.1) is 15.3 Å². The summed E-state index contributed by atoms with van der Waals surface area (Å²) >= 11 is 0. The molecule has 14 nitrogen and oxygen atoms in total. The second-order valence-corrected chi connectivity index (χ2v) is 7.36. The molecule has 0 radical (unpaired) electrons. The lowest BCUT2D eigenvalue weighted by atomic mass is 10.2. The van der Waals surface area contributed by atoms with Crippen LogP contribution in [0.25, 0.3) is 5.69 Å². The standard InChI is InChI=1S/C22H27N11O3/c1-5-17-16(13-23)19(31-32(17)14-7-9-15(10-8-14)33(34)35)30-29-18-20(24-2)27-22(25-3)28-21(18)26-11-6-12-36-4/h7-10H,5-6,11-12H2,1-4H3,(H3,24,25,26,27,28). The Balaban J connectivity index is 2.04. The van der Waals surface area contributed by atoms with Crippen LogP contribution in [0.2, 0.25) is 0 Å². The molecule has 0 aliphatic rings. The molecule has 14 heteroatoms. The minimum atomic E-state index is -0.477. The van der Waals surface area contributed by atoms with Gasteiger partial charge in [-0.25, -0.2) is 4.68 Å². The number of rotatable bonds is 12. The van der Waals surface area contributed by atoms with Crippen molar-refractivity contribution in [2.24, 2.45) is 10.2 Å². The number of methoxy groups -OCH3 is 1. The third kappa shape index (κ3) is 5.70. The number of aromatic nitrogens is 4. The molecule has 0 spiro atoms. The highest BCUT2D eigenvalue weighted by Gasteiger charge is 2.20. The Morgan fingerprint density at radius 1 is 1.17 bits per heavy atom. The molecular weight excluding hydrogens is 466 g/mol. The Morgan fingerprint density at radius 3 is 2.47 bits per heavy atom. The maximum Gasteiger partial charge on any atom is 0.269 e. The highest BCUT2D eigenvalue weighted by atomic mass is 16.6. The lowest BCUT2D eigenvalue weighted by Gasteiger charge is -2.12. The average molecular weight is 494 g/mol. The van der Waals surface area contributed by atoms with Gasteiger partial charge in [0.1, 0.15) is 11.6 Å². The second-order valence-electron chi connectivity index (χ2n) is 7.36. The molecule has 0 amide bonds. The van der Waals surface area contributed by atoms with Crippen LogP contribution in [0, 0.1) is 21.4 Å². The molecule has 3 N–H and O–H groups in total. The summed E-state index contributed by atoms with van der Waals surface area (Å²) in [6, 6.07) is 8.04. The van der Waals surface area contributed by atoms with E-state index < -0.39 is 4.92 Å². The molecule has 0 fully saturated rings. The molecule has 0 aliphatic heterocycles. The minimum Gasteiger partial charge on any atom is -0.385 e. The van der Waals surface area contributed by atoms with E-state index in [1.54, 1.807) is 38.0 Å². The van der Waals surface area contributed by atoms with Gasteiger partial charge in [-0.1, -0.05) is 6.92 Å². The summed E-state index contributed by atoms with van der Waals surface area (Å²) in [7, 11) is 5.05. The number of nitriles is 1. The van der Waals surface area contributed by atoms with E-state index in [9.17, 15) is 15.4 Å². The lowest BCUT2D eigenvalue weighted by Crippen LogP contribution is -2.09. The van der Waals surface area contributed by atoms with Crippen LogP contribution in [0.15, 0.2) is 34.5 Å². The Morgan fingerprint density at radius 2 is 1.89 bits per heavy atom. The summed E-state index contributed by atoms with van der Waals surface area (Å²) in [4.78, 5) is 19.3. The number of benzene rings is 1. The van der Waals surface area contributed by atoms with Crippen LogP contribution in [0.1, 0.15) is 24.6 Å². The van der Waals surface area contributed by atoms with Crippen LogP contribution in [0.3, 0.4) is 0 Å². The molecule has 3 aromatic rings. The number of nitro benzene ring substituents is 1. The third-order valence-corrected chi connectivity index (χ3v) is 5.12. The molecule has 0 aliphatic carbocycles. The van der Waals surface area contributed by atoms with Gasteiger partial charge in [0.25, 0.3) is 5.69 Å². The molecule has 0 bridgehead atoms. The van der Waals surface area contributed by atoms with Gasteiger partial charge >= 0.3 is 0 Å². The summed E-state index contributed by atoms with van der Waals surface area (Å²) in [5.41, 5.74) is 1.73. The first-order valence-corrected chi connectivity index (χ1v) is 11.2. The first-order chi connectivity index (χ1) is 17.5. The van der Waals surface area contributed by atoms with Gasteiger partial charge in [0.15, 0.2) is 17.3 Å². The second kappa shape index (κ2) is 12.2. The molecule has 2 aromatic heterocycles. The Bertz CT molecular complexity index is 1280. The number of azo groups is 1. The van der Waals surface area contributed by atoms with Crippen LogP contribution in [-0.2, 0) is 11.2 Å². The largest absolute Gasteiger partial charge is 0.385 e. The summed E-state index contributed by atoms with van der Waals surface area (Å²) in [5.74, 6) is 1.37. The normalized spacial score (nSPS) is 10.9. The van der Waals surface area contributed by atoms with Gasteiger partial charge in [0.2, 0.25) is 11.8 Å². The number of nitrogens with zero attached hydrogens (tertiary/aromatic N) is 8. The van der Waals surface area contributed by atoms with Crippen LogP contribution in [0.5, 0.6) is 0 Å². The molecule has 1 aromatic carbocycles. The molecule has 0 unspecified atom stereocenters. The fourth-order valence-corrected chi connectivity index (χ4v) is 3.36. The zero-order chi connectivity index (χ0) is 26.1. The smallest absolute Gasteiger partial charge is 0.269 e. The minimum absolute atomic E-state index is 0.0421. The molecule has 36 heavy (non-hydrogen) atoms. The van der Waals surface area contributed by atoms with Gasteiger partial charge in [0, 0.05) is 46.5 Å². The zero-order valence-corrected chi connectivity index (χ0v) is 20.4. The molecular formula is C22H27N11O3. The van der Waals surface area contributed by atoms with Crippen molar-refractivity contribution in [3.05, 3.63) is 45.6 Å². The Kier molecular flexibility index (Phi) is 8.79. The highest BCUT2D eigenvalue weighted by molar-refractivity contribution is 5.75. The topological polar surface area (TPSA) is 181 Å². The number of nitrogens with one attached hydrogen (secondary N) is 3. The quantitative estimate of drug-likeness (QED) is 0.145. The summed E-state index contributed by atoms with van der Waals surface area (Å²) in [6.07, 6.45) is 1.23. The molecule has 0 atom stereocenters. The third-order valence-electron chi connectivity index (χ3n) is 5.12. The SMILES string of the molecule is CCc1c(C#N)c(N=Nc2c(NC)nc(NC)nc2NCCCOC)nn1-c1ccc([N+](=O)[O-])cc1. The predicted molar refractivity (Wildman–Crippen MR) is 135 cm³/mol. The van der Waals surface area contributed by atoms with E-state index in [0.29, 0.717) is 54.2 Å². The van der Waals surface area contributed by atoms with Crippen molar-refractivity contribution < 1.29 is 9.66 Å². The maximum absolute atomic E-state index is 11.0. The summed E-state index contributed by atoms with van der Waals surface area (Å²) in [6.45, 7) is 3.04. The number of ether oxygens (including phenoxy) is 1. The van der Waals surface area contributed by atoms with Crippen LogP contribution in [0.4, 0.5) is 34.8 Å². The number of nitro groups is 1.